The van der Waals surface area contributed by atoms with Gasteiger partial charge >= 0.3 is 0 Å². The SMILES string of the molecule is Cc1ccc2c(c1Br)C(I)CCO2. The second-order valence-electron chi connectivity index (χ2n) is 3.21. The predicted molar refractivity (Wildman–Crippen MR) is 65.8 cm³/mol. The van der Waals surface area contributed by atoms with Gasteiger partial charge < -0.3 is 4.74 Å². The maximum atomic E-state index is 5.59. The molecule has 0 N–H and O–H groups in total. The molecule has 1 unspecified atom stereocenters. The molecule has 70 valence electrons. The van der Waals surface area contributed by atoms with Crippen LogP contribution in [0.15, 0.2) is 16.6 Å². The second kappa shape index (κ2) is 3.77. The molecule has 1 atom stereocenters. The van der Waals surface area contributed by atoms with Gasteiger partial charge in [0.15, 0.2) is 0 Å². The number of hydrogen-bond acceptors (Lipinski definition) is 1. The smallest absolute Gasteiger partial charge is 0.124 e. The number of hydrogen-bond donors (Lipinski definition) is 0. The van der Waals surface area contributed by atoms with Gasteiger partial charge in [0.25, 0.3) is 0 Å². The maximum absolute atomic E-state index is 5.59. The molecule has 1 aliphatic rings. The fourth-order valence-electron chi connectivity index (χ4n) is 1.52. The fourth-order valence-corrected chi connectivity index (χ4v) is 3.42. The normalized spacial score (nSPS) is 20.7. The lowest BCUT2D eigenvalue weighted by Gasteiger charge is -2.23. The minimum atomic E-state index is 0.579. The summed E-state index contributed by atoms with van der Waals surface area (Å²) in [7, 11) is 0. The van der Waals surface area contributed by atoms with E-state index in [1.807, 2.05) is 0 Å². The highest BCUT2D eigenvalue weighted by Gasteiger charge is 2.22. The first-order valence-electron chi connectivity index (χ1n) is 4.26. The zero-order valence-electron chi connectivity index (χ0n) is 7.31. The van der Waals surface area contributed by atoms with Gasteiger partial charge in [-0.3, -0.25) is 0 Å². The molecule has 1 aromatic rings. The molecule has 1 aliphatic heterocycles. The highest BCUT2D eigenvalue weighted by molar-refractivity contribution is 14.1. The largest absolute Gasteiger partial charge is 0.493 e. The fraction of sp³-hybridized carbons (Fsp3) is 0.400. The zero-order valence-corrected chi connectivity index (χ0v) is 11.1. The highest BCUT2D eigenvalue weighted by Crippen LogP contribution is 2.43. The van der Waals surface area contributed by atoms with Crippen LogP contribution in [0.5, 0.6) is 5.75 Å². The third-order valence-corrected chi connectivity index (χ3v) is 4.57. The third kappa shape index (κ3) is 1.73. The minimum Gasteiger partial charge on any atom is -0.493 e. The first kappa shape index (κ1) is 9.77. The van der Waals surface area contributed by atoms with Gasteiger partial charge in [0.05, 0.1) is 6.61 Å². The van der Waals surface area contributed by atoms with Crippen molar-refractivity contribution in [1.82, 2.24) is 0 Å². The van der Waals surface area contributed by atoms with Crippen LogP contribution in [-0.2, 0) is 0 Å². The molecule has 0 spiro atoms. The molecule has 0 radical (unpaired) electrons. The van der Waals surface area contributed by atoms with Crippen LogP contribution in [0.1, 0.15) is 21.5 Å². The van der Waals surface area contributed by atoms with Crippen molar-refractivity contribution in [3.8, 4) is 5.75 Å². The summed E-state index contributed by atoms with van der Waals surface area (Å²) in [4.78, 5) is 0. The molecular formula is C10H10BrIO. The highest BCUT2D eigenvalue weighted by atomic mass is 127. The van der Waals surface area contributed by atoms with E-state index in [1.54, 1.807) is 0 Å². The molecular weight excluding hydrogens is 343 g/mol. The van der Waals surface area contributed by atoms with Crippen LogP contribution in [0.2, 0.25) is 0 Å². The Morgan fingerprint density at radius 1 is 1.54 bits per heavy atom. The van der Waals surface area contributed by atoms with Crippen LogP contribution >= 0.6 is 38.5 Å². The lowest BCUT2D eigenvalue weighted by Crippen LogP contribution is -2.11. The number of rotatable bonds is 0. The van der Waals surface area contributed by atoms with E-state index in [9.17, 15) is 0 Å². The van der Waals surface area contributed by atoms with Crippen molar-refractivity contribution in [3.05, 3.63) is 27.7 Å². The summed E-state index contributed by atoms with van der Waals surface area (Å²) in [6, 6.07) is 4.16. The van der Waals surface area contributed by atoms with Gasteiger partial charge in [-0.2, -0.15) is 0 Å². The summed E-state index contributed by atoms with van der Waals surface area (Å²) < 4.78 is 7.39. The van der Waals surface area contributed by atoms with Crippen molar-refractivity contribution in [3.63, 3.8) is 0 Å². The van der Waals surface area contributed by atoms with Crippen molar-refractivity contribution < 1.29 is 4.74 Å². The number of ether oxygens (including phenoxy) is 1. The average molecular weight is 353 g/mol. The maximum Gasteiger partial charge on any atom is 0.124 e. The second-order valence-corrected chi connectivity index (χ2v) is 5.51. The van der Waals surface area contributed by atoms with E-state index in [0.717, 1.165) is 18.8 Å². The summed E-state index contributed by atoms with van der Waals surface area (Å²) in [6.07, 6.45) is 1.11. The molecule has 13 heavy (non-hydrogen) atoms. The Hall–Kier alpha value is 0.230. The van der Waals surface area contributed by atoms with Crippen molar-refractivity contribution >= 4 is 38.5 Å². The molecule has 0 fully saturated rings. The number of aryl methyl sites for hydroxylation is 1. The molecule has 0 saturated heterocycles. The third-order valence-electron chi connectivity index (χ3n) is 2.27. The number of fused-ring (bicyclic) bond motifs is 1. The summed E-state index contributed by atoms with van der Waals surface area (Å²) in [5.74, 6) is 1.04. The Morgan fingerprint density at radius 2 is 2.31 bits per heavy atom. The summed E-state index contributed by atoms with van der Waals surface area (Å²) in [6.45, 7) is 2.96. The van der Waals surface area contributed by atoms with Gasteiger partial charge in [-0.15, -0.1) is 0 Å². The number of halogens is 2. The van der Waals surface area contributed by atoms with Crippen molar-refractivity contribution in [1.29, 1.82) is 0 Å². The van der Waals surface area contributed by atoms with E-state index >= 15 is 0 Å². The Labute approximate surface area is 100 Å². The molecule has 0 saturated carbocycles. The summed E-state index contributed by atoms with van der Waals surface area (Å²) in [5, 5.41) is 0. The summed E-state index contributed by atoms with van der Waals surface area (Å²) in [5.41, 5.74) is 2.61. The predicted octanol–water partition coefficient (Wildman–Crippen LogP) is 4.02. The van der Waals surface area contributed by atoms with Gasteiger partial charge in [-0.05, 0) is 25.0 Å². The molecule has 1 nitrogen and oxygen atoms in total. The molecule has 0 amide bonds. The van der Waals surface area contributed by atoms with E-state index in [2.05, 4.69) is 57.6 Å². The van der Waals surface area contributed by atoms with Crippen LogP contribution in [-0.4, -0.2) is 6.61 Å². The van der Waals surface area contributed by atoms with Crippen LogP contribution in [0.25, 0.3) is 0 Å². The summed E-state index contributed by atoms with van der Waals surface area (Å²) >= 11 is 6.10. The van der Waals surface area contributed by atoms with Crippen LogP contribution in [0.3, 0.4) is 0 Å². The van der Waals surface area contributed by atoms with Crippen molar-refractivity contribution in [2.75, 3.05) is 6.61 Å². The van der Waals surface area contributed by atoms with Crippen LogP contribution in [0, 0.1) is 6.92 Å². The first-order valence-corrected chi connectivity index (χ1v) is 6.30. The lowest BCUT2D eigenvalue weighted by molar-refractivity contribution is 0.288. The van der Waals surface area contributed by atoms with Crippen LogP contribution < -0.4 is 4.74 Å². The van der Waals surface area contributed by atoms with Crippen LogP contribution in [0.4, 0.5) is 0 Å². The Bertz CT molecular complexity index is 338. The number of alkyl halides is 1. The molecule has 1 aromatic carbocycles. The molecule has 0 bridgehead atoms. The molecule has 3 heteroatoms. The van der Waals surface area contributed by atoms with Gasteiger partial charge in [0.1, 0.15) is 5.75 Å². The zero-order chi connectivity index (χ0) is 9.42. The van der Waals surface area contributed by atoms with E-state index in [1.165, 1.54) is 15.6 Å². The monoisotopic (exact) mass is 352 g/mol. The molecule has 0 aromatic heterocycles. The molecule has 0 aliphatic carbocycles. The molecule has 2 rings (SSSR count). The quantitative estimate of drug-likeness (QED) is 0.506. The Kier molecular flexibility index (Phi) is 2.83. The van der Waals surface area contributed by atoms with Gasteiger partial charge in [-0.1, -0.05) is 44.6 Å². The van der Waals surface area contributed by atoms with Crippen molar-refractivity contribution in [2.24, 2.45) is 0 Å². The van der Waals surface area contributed by atoms with E-state index in [-0.39, 0.29) is 0 Å². The topological polar surface area (TPSA) is 9.23 Å². The van der Waals surface area contributed by atoms with E-state index in [0.29, 0.717) is 3.92 Å². The Balaban J connectivity index is 2.58. The lowest BCUT2D eigenvalue weighted by atomic mass is 10.0. The van der Waals surface area contributed by atoms with Gasteiger partial charge in [0, 0.05) is 14.0 Å². The minimum absolute atomic E-state index is 0.579. The van der Waals surface area contributed by atoms with Gasteiger partial charge in [0.2, 0.25) is 0 Å². The van der Waals surface area contributed by atoms with E-state index < -0.39 is 0 Å². The van der Waals surface area contributed by atoms with Gasteiger partial charge in [-0.25, -0.2) is 0 Å². The van der Waals surface area contributed by atoms with E-state index in [4.69, 9.17) is 4.74 Å². The Morgan fingerprint density at radius 3 is 3.08 bits per heavy atom. The average Bonchev–Trinajstić information content (AvgIpc) is 2.12. The standard InChI is InChI=1S/C10H10BrIO/c1-6-2-3-8-9(10(6)11)7(12)4-5-13-8/h2-3,7H,4-5H2,1H3. The first-order chi connectivity index (χ1) is 6.20. The molecule has 1 heterocycles. The number of benzene rings is 1. The van der Waals surface area contributed by atoms with Crippen molar-refractivity contribution in [2.45, 2.75) is 17.3 Å².